The number of nitrogens with zero attached hydrogens (tertiary/aromatic N) is 3. The minimum Gasteiger partial charge on any atom is -0.358 e. The van der Waals surface area contributed by atoms with E-state index in [1.54, 1.807) is 17.7 Å². The second-order valence-electron chi connectivity index (χ2n) is 7.77. The first-order valence-corrected chi connectivity index (χ1v) is 10.9. The van der Waals surface area contributed by atoms with Gasteiger partial charge in [0, 0.05) is 30.6 Å². The van der Waals surface area contributed by atoms with Crippen molar-refractivity contribution in [1.29, 1.82) is 0 Å². The molecule has 2 atom stereocenters. The van der Waals surface area contributed by atoms with Gasteiger partial charge in [-0.25, -0.2) is 9.97 Å². The summed E-state index contributed by atoms with van der Waals surface area (Å²) in [6.45, 7) is 8.86. The molecule has 1 aromatic carbocycles. The van der Waals surface area contributed by atoms with Crippen molar-refractivity contribution in [1.82, 2.24) is 20.2 Å². The second kappa shape index (κ2) is 8.47. The molecule has 3 aromatic rings. The van der Waals surface area contributed by atoms with Gasteiger partial charge in [0.1, 0.15) is 23.0 Å². The van der Waals surface area contributed by atoms with E-state index in [9.17, 15) is 4.79 Å². The lowest BCUT2D eigenvalue weighted by Gasteiger charge is -2.20. The van der Waals surface area contributed by atoms with Crippen molar-refractivity contribution in [3.8, 4) is 0 Å². The summed E-state index contributed by atoms with van der Waals surface area (Å²) < 4.78 is 0. The van der Waals surface area contributed by atoms with E-state index in [2.05, 4.69) is 63.6 Å². The monoisotopic (exact) mass is 409 g/mol. The molecule has 3 heterocycles. The maximum absolute atomic E-state index is 12.8. The van der Waals surface area contributed by atoms with E-state index in [0.717, 1.165) is 42.1 Å². The van der Waals surface area contributed by atoms with Crippen LogP contribution in [0.4, 0.5) is 5.82 Å². The summed E-state index contributed by atoms with van der Waals surface area (Å²) in [4.78, 5) is 26.1. The number of likely N-dealkylation sites (tertiary alicyclic amines) is 1. The Morgan fingerprint density at radius 2 is 2.07 bits per heavy atom. The lowest BCUT2D eigenvalue weighted by atomic mass is 10.2. The van der Waals surface area contributed by atoms with Crippen molar-refractivity contribution in [2.24, 2.45) is 0 Å². The van der Waals surface area contributed by atoms with Crippen LogP contribution < -0.4 is 10.6 Å². The Kier molecular flexibility index (Phi) is 5.78. The summed E-state index contributed by atoms with van der Waals surface area (Å²) in [6.07, 6.45) is 2.54. The average molecular weight is 410 g/mol. The minimum atomic E-state index is -0.365. The molecule has 1 aliphatic heterocycles. The van der Waals surface area contributed by atoms with Crippen LogP contribution in [0.3, 0.4) is 0 Å². The van der Waals surface area contributed by atoms with E-state index in [1.807, 2.05) is 13.0 Å². The largest absolute Gasteiger partial charge is 0.358 e. The average Bonchev–Trinajstić information content (AvgIpc) is 3.27. The molecule has 1 amide bonds. The van der Waals surface area contributed by atoms with Gasteiger partial charge in [0.15, 0.2) is 0 Å². The first-order chi connectivity index (χ1) is 14.0. The van der Waals surface area contributed by atoms with Gasteiger partial charge in [-0.05, 0) is 38.3 Å². The van der Waals surface area contributed by atoms with Gasteiger partial charge in [-0.15, -0.1) is 11.3 Å². The zero-order chi connectivity index (χ0) is 20.4. The van der Waals surface area contributed by atoms with E-state index in [-0.39, 0.29) is 18.0 Å². The third-order valence-electron chi connectivity index (χ3n) is 5.58. The molecule has 1 fully saturated rings. The zero-order valence-corrected chi connectivity index (χ0v) is 17.9. The summed E-state index contributed by atoms with van der Waals surface area (Å²) in [6, 6.07) is 10.3. The van der Waals surface area contributed by atoms with Crippen LogP contribution in [0.15, 0.2) is 36.7 Å². The number of aryl methyl sites for hydroxylation is 2. The number of carbonyl (C=O) groups excluding carboxylic acids is 1. The van der Waals surface area contributed by atoms with Gasteiger partial charge in [-0.2, -0.15) is 0 Å². The van der Waals surface area contributed by atoms with Crippen molar-refractivity contribution in [2.75, 3.05) is 18.4 Å². The Morgan fingerprint density at radius 1 is 1.28 bits per heavy atom. The maximum Gasteiger partial charge on any atom is 0.242 e. The van der Waals surface area contributed by atoms with Crippen LogP contribution in [0.2, 0.25) is 0 Å². The fourth-order valence-corrected chi connectivity index (χ4v) is 4.82. The summed E-state index contributed by atoms with van der Waals surface area (Å²) in [5.41, 5.74) is 2.48. The number of hydrogen-bond acceptors (Lipinski definition) is 6. The smallest absolute Gasteiger partial charge is 0.242 e. The van der Waals surface area contributed by atoms with E-state index in [0.29, 0.717) is 0 Å². The van der Waals surface area contributed by atoms with Crippen molar-refractivity contribution in [2.45, 2.75) is 45.8 Å². The number of nitrogens with one attached hydrogen (secondary N) is 2. The molecule has 1 aliphatic rings. The van der Waals surface area contributed by atoms with Crippen LogP contribution in [0, 0.1) is 13.8 Å². The number of fused-ring (bicyclic) bond motifs is 1. The molecule has 0 unspecified atom stereocenters. The third kappa shape index (κ3) is 4.41. The Balaban J connectivity index is 1.35. The number of hydrogen-bond donors (Lipinski definition) is 2. The first kappa shape index (κ1) is 19.8. The van der Waals surface area contributed by atoms with Gasteiger partial charge in [0.2, 0.25) is 5.91 Å². The van der Waals surface area contributed by atoms with Crippen molar-refractivity contribution in [3.63, 3.8) is 0 Å². The Morgan fingerprint density at radius 3 is 2.86 bits per heavy atom. The fourth-order valence-electron chi connectivity index (χ4n) is 3.82. The minimum absolute atomic E-state index is 0.00734. The summed E-state index contributed by atoms with van der Waals surface area (Å²) in [5, 5.41) is 7.51. The molecule has 29 heavy (non-hydrogen) atoms. The van der Waals surface area contributed by atoms with E-state index >= 15 is 0 Å². The van der Waals surface area contributed by atoms with Crippen LogP contribution in [0.1, 0.15) is 29.3 Å². The van der Waals surface area contributed by atoms with Gasteiger partial charge in [-0.3, -0.25) is 9.69 Å². The fraction of sp³-hybridized carbons (Fsp3) is 0.409. The van der Waals surface area contributed by atoms with E-state index in [4.69, 9.17) is 0 Å². The highest BCUT2D eigenvalue weighted by Crippen LogP contribution is 2.32. The van der Waals surface area contributed by atoms with Crippen molar-refractivity contribution < 1.29 is 4.79 Å². The molecule has 2 aromatic heterocycles. The molecule has 0 spiro atoms. The highest BCUT2D eigenvalue weighted by atomic mass is 32.1. The SMILES string of the molecule is Cc1sc2ncnc(N[C@H](C)C(=O)N[C@@H]3CCN(Cc4ccccc4)C3)c2c1C. The standard InChI is InChI=1S/C22H27N5OS/c1-14-16(3)29-22-19(14)20(23-13-24-22)25-15(2)21(28)26-18-9-10-27(12-18)11-17-7-5-4-6-8-17/h4-8,13,15,18H,9-12H2,1-3H3,(H,26,28)(H,23,24,25)/t15-,18-/m1/s1. The Bertz CT molecular complexity index is 1000. The molecule has 6 nitrogen and oxygen atoms in total. The van der Waals surface area contributed by atoms with Crippen LogP contribution in [-0.4, -0.2) is 45.9 Å². The molecule has 0 aliphatic carbocycles. The second-order valence-corrected chi connectivity index (χ2v) is 8.97. The number of carbonyl (C=O) groups is 1. The van der Waals surface area contributed by atoms with Gasteiger partial charge >= 0.3 is 0 Å². The third-order valence-corrected chi connectivity index (χ3v) is 6.69. The summed E-state index contributed by atoms with van der Waals surface area (Å²) in [5.74, 6) is 0.740. The highest BCUT2D eigenvalue weighted by Gasteiger charge is 2.26. The molecule has 7 heteroatoms. The molecular weight excluding hydrogens is 382 g/mol. The van der Waals surface area contributed by atoms with Gasteiger partial charge in [0.25, 0.3) is 0 Å². The predicted octanol–water partition coefficient (Wildman–Crippen LogP) is 3.50. The van der Waals surface area contributed by atoms with Crippen molar-refractivity contribution in [3.05, 3.63) is 52.7 Å². The molecule has 4 rings (SSSR count). The van der Waals surface area contributed by atoms with E-state index in [1.165, 1.54) is 16.0 Å². The quantitative estimate of drug-likeness (QED) is 0.652. The predicted molar refractivity (Wildman–Crippen MR) is 118 cm³/mol. The van der Waals surface area contributed by atoms with E-state index < -0.39 is 0 Å². The van der Waals surface area contributed by atoms with Crippen LogP contribution in [0.25, 0.3) is 10.2 Å². The van der Waals surface area contributed by atoms with Crippen LogP contribution in [-0.2, 0) is 11.3 Å². The molecule has 0 saturated carbocycles. The number of anilines is 1. The number of aromatic nitrogens is 2. The number of amides is 1. The molecule has 1 saturated heterocycles. The first-order valence-electron chi connectivity index (χ1n) is 10.0. The molecule has 152 valence electrons. The molecule has 0 radical (unpaired) electrons. The Hall–Kier alpha value is -2.51. The van der Waals surface area contributed by atoms with Crippen LogP contribution >= 0.6 is 11.3 Å². The molecule has 2 N–H and O–H groups in total. The summed E-state index contributed by atoms with van der Waals surface area (Å²) in [7, 11) is 0. The lowest BCUT2D eigenvalue weighted by molar-refractivity contribution is -0.122. The van der Waals surface area contributed by atoms with Crippen molar-refractivity contribution >= 4 is 33.3 Å². The summed E-state index contributed by atoms with van der Waals surface area (Å²) >= 11 is 1.66. The van der Waals surface area contributed by atoms with Crippen LogP contribution in [0.5, 0.6) is 0 Å². The maximum atomic E-state index is 12.8. The topological polar surface area (TPSA) is 70.1 Å². The Labute approximate surface area is 175 Å². The van der Waals surface area contributed by atoms with Gasteiger partial charge in [-0.1, -0.05) is 30.3 Å². The number of rotatable bonds is 6. The van der Waals surface area contributed by atoms with Gasteiger partial charge in [0.05, 0.1) is 5.39 Å². The number of thiophene rings is 1. The van der Waals surface area contributed by atoms with Gasteiger partial charge < -0.3 is 10.6 Å². The molecular formula is C22H27N5OS. The lowest BCUT2D eigenvalue weighted by Crippen LogP contribution is -2.44. The highest BCUT2D eigenvalue weighted by molar-refractivity contribution is 7.18. The number of benzene rings is 1. The normalized spacial score (nSPS) is 18.1. The molecule has 0 bridgehead atoms. The zero-order valence-electron chi connectivity index (χ0n) is 17.1.